The fraction of sp³-hybridized carbons (Fsp3) is 0.385. The highest BCUT2D eigenvalue weighted by Crippen LogP contribution is 2.34. The Morgan fingerprint density at radius 3 is 1.70 bits per heavy atom. The second-order valence-corrected chi connectivity index (χ2v) is 4.70. The van der Waals surface area contributed by atoms with Crippen molar-refractivity contribution in [3.63, 3.8) is 0 Å². The van der Waals surface area contributed by atoms with E-state index in [0.29, 0.717) is 0 Å². The molecule has 0 saturated heterocycles. The van der Waals surface area contributed by atoms with Gasteiger partial charge in [0.25, 0.3) is 0 Å². The molecule has 0 radical (unpaired) electrons. The molecule has 110 valence electrons. The van der Waals surface area contributed by atoms with Crippen molar-refractivity contribution in [1.29, 1.82) is 0 Å². The van der Waals surface area contributed by atoms with Gasteiger partial charge in [0.1, 0.15) is 5.75 Å². The summed E-state index contributed by atoms with van der Waals surface area (Å²) in [4.78, 5) is 21.4. The summed E-state index contributed by atoms with van der Waals surface area (Å²) in [6, 6.07) is 1.37. The van der Waals surface area contributed by atoms with Crippen LogP contribution in [0.5, 0.6) is 5.75 Å². The third-order valence-electron chi connectivity index (χ3n) is 2.90. The van der Waals surface area contributed by atoms with Gasteiger partial charge < -0.3 is 26.8 Å². The molecule has 7 nitrogen and oxygen atoms in total. The zero-order valence-electron chi connectivity index (χ0n) is 11.0. The normalized spacial score (nSPS) is 13.8. The molecule has 0 aliphatic carbocycles. The summed E-state index contributed by atoms with van der Waals surface area (Å²) < 4.78 is 0. The highest BCUT2D eigenvalue weighted by molar-refractivity contribution is 5.69. The van der Waals surface area contributed by atoms with E-state index in [4.69, 9.17) is 21.7 Å². The van der Waals surface area contributed by atoms with E-state index in [1.54, 1.807) is 19.1 Å². The van der Waals surface area contributed by atoms with Crippen LogP contribution in [0.15, 0.2) is 12.1 Å². The van der Waals surface area contributed by atoms with Crippen molar-refractivity contribution in [1.82, 2.24) is 0 Å². The molecule has 1 rings (SSSR count). The number of aromatic hydroxyl groups is 1. The molecule has 0 aliphatic heterocycles. The lowest BCUT2D eigenvalue weighted by Gasteiger charge is -2.18. The standard InChI is InChI=1S/C13H18N2O5/c1-6-2-7(9(14)4-11(16)17)13(20)8(3-6)10(15)5-12(18)19/h2-3,9-10,20H,4-5,14-15H2,1H3,(H,16,17)(H,18,19). The minimum Gasteiger partial charge on any atom is -0.507 e. The van der Waals surface area contributed by atoms with Gasteiger partial charge in [-0.1, -0.05) is 17.7 Å². The van der Waals surface area contributed by atoms with Gasteiger partial charge in [-0.05, 0) is 6.92 Å². The number of carbonyl (C=O) groups is 2. The van der Waals surface area contributed by atoms with Crippen LogP contribution in [0.2, 0.25) is 0 Å². The molecule has 0 heterocycles. The Hall–Kier alpha value is -2.12. The second kappa shape index (κ2) is 6.36. The van der Waals surface area contributed by atoms with Crippen LogP contribution in [0.1, 0.15) is 41.6 Å². The van der Waals surface area contributed by atoms with Crippen molar-refractivity contribution in [2.24, 2.45) is 11.5 Å². The van der Waals surface area contributed by atoms with E-state index in [1.807, 2.05) is 0 Å². The number of aryl methyl sites for hydroxylation is 1. The van der Waals surface area contributed by atoms with Crippen LogP contribution in [-0.2, 0) is 9.59 Å². The molecule has 7 heteroatoms. The van der Waals surface area contributed by atoms with Crippen LogP contribution in [0.4, 0.5) is 0 Å². The lowest BCUT2D eigenvalue weighted by atomic mass is 9.93. The number of carboxylic acid groups (broad SMARTS) is 2. The van der Waals surface area contributed by atoms with Crippen molar-refractivity contribution in [3.8, 4) is 5.75 Å². The third kappa shape index (κ3) is 3.94. The Morgan fingerprint density at radius 2 is 1.40 bits per heavy atom. The van der Waals surface area contributed by atoms with E-state index in [-0.39, 0.29) is 29.7 Å². The van der Waals surface area contributed by atoms with Gasteiger partial charge in [0.15, 0.2) is 0 Å². The number of phenolic OH excluding ortho intramolecular Hbond substituents is 1. The molecule has 2 unspecified atom stereocenters. The Bertz CT molecular complexity index is 486. The molecule has 1 aromatic rings. The minimum atomic E-state index is -1.09. The Kier molecular flexibility index (Phi) is 5.06. The zero-order chi connectivity index (χ0) is 15.4. The van der Waals surface area contributed by atoms with Gasteiger partial charge in [-0.3, -0.25) is 9.59 Å². The number of benzene rings is 1. The Morgan fingerprint density at radius 1 is 1.05 bits per heavy atom. The minimum absolute atomic E-state index is 0.238. The summed E-state index contributed by atoms with van der Waals surface area (Å²) in [5.41, 5.74) is 12.7. The van der Waals surface area contributed by atoms with Crippen LogP contribution in [-0.4, -0.2) is 27.3 Å². The van der Waals surface area contributed by atoms with Gasteiger partial charge in [-0.25, -0.2) is 0 Å². The van der Waals surface area contributed by atoms with E-state index in [2.05, 4.69) is 0 Å². The fourth-order valence-electron chi connectivity index (χ4n) is 2.00. The number of phenols is 1. The number of aliphatic carboxylic acids is 2. The van der Waals surface area contributed by atoms with Crippen LogP contribution in [0.25, 0.3) is 0 Å². The number of hydrogen-bond donors (Lipinski definition) is 5. The summed E-state index contributed by atoms with van der Waals surface area (Å²) >= 11 is 0. The van der Waals surface area contributed by atoms with Crippen LogP contribution in [0.3, 0.4) is 0 Å². The average Bonchev–Trinajstić information content (AvgIpc) is 2.29. The Labute approximate surface area is 115 Å². The molecule has 0 aliphatic rings. The molecule has 0 fully saturated rings. The Balaban J connectivity index is 3.18. The largest absolute Gasteiger partial charge is 0.507 e. The molecule has 0 saturated carbocycles. The van der Waals surface area contributed by atoms with Crippen LogP contribution in [0, 0.1) is 6.92 Å². The number of rotatable bonds is 6. The van der Waals surface area contributed by atoms with Gasteiger partial charge in [-0.2, -0.15) is 0 Å². The van der Waals surface area contributed by atoms with E-state index in [0.717, 1.165) is 5.56 Å². The SMILES string of the molecule is Cc1cc(C(N)CC(=O)O)c(O)c(C(N)CC(=O)O)c1. The van der Waals surface area contributed by atoms with Gasteiger partial charge >= 0.3 is 11.9 Å². The van der Waals surface area contributed by atoms with Crippen molar-refractivity contribution >= 4 is 11.9 Å². The summed E-state index contributed by atoms with van der Waals surface area (Å²) in [6.07, 6.45) is -0.685. The maximum absolute atomic E-state index is 10.7. The smallest absolute Gasteiger partial charge is 0.305 e. The molecule has 0 spiro atoms. The number of nitrogens with two attached hydrogens (primary N) is 2. The maximum atomic E-state index is 10.7. The van der Waals surface area contributed by atoms with Crippen molar-refractivity contribution in [2.75, 3.05) is 0 Å². The predicted octanol–water partition coefficient (Wildman–Crippen LogP) is 0.650. The van der Waals surface area contributed by atoms with Gasteiger partial charge in [0.05, 0.1) is 12.8 Å². The van der Waals surface area contributed by atoms with Gasteiger partial charge in [0.2, 0.25) is 0 Å². The molecule has 20 heavy (non-hydrogen) atoms. The van der Waals surface area contributed by atoms with Crippen molar-refractivity contribution < 1.29 is 24.9 Å². The summed E-state index contributed by atoms with van der Waals surface area (Å²) in [5.74, 6) is -2.41. The first-order chi connectivity index (χ1) is 9.22. The molecule has 0 aromatic heterocycles. The van der Waals surface area contributed by atoms with Crippen LogP contribution < -0.4 is 11.5 Å². The van der Waals surface area contributed by atoms with Crippen LogP contribution >= 0.6 is 0 Å². The first-order valence-electron chi connectivity index (χ1n) is 6.00. The molecule has 0 bridgehead atoms. The van der Waals surface area contributed by atoms with Crippen molar-refractivity contribution in [2.45, 2.75) is 31.8 Å². The molecular formula is C13H18N2O5. The molecule has 7 N–H and O–H groups in total. The molecular weight excluding hydrogens is 264 g/mol. The maximum Gasteiger partial charge on any atom is 0.305 e. The summed E-state index contributed by atoms with van der Waals surface area (Å²) in [7, 11) is 0. The first-order valence-corrected chi connectivity index (χ1v) is 6.00. The van der Waals surface area contributed by atoms with E-state index in [1.165, 1.54) is 0 Å². The van der Waals surface area contributed by atoms with E-state index in [9.17, 15) is 14.7 Å². The van der Waals surface area contributed by atoms with Crippen molar-refractivity contribution in [3.05, 3.63) is 28.8 Å². The summed E-state index contributed by atoms with van der Waals surface area (Å²) in [6.45, 7) is 1.73. The molecule has 1 aromatic carbocycles. The summed E-state index contributed by atoms with van der Waals surface area (Å²) in [5, 5.41) is 27.6. The van der Waals surface area contributed by atoms with Gasteiger partial charge in [-0.15, -0.1) is 0 Å². The van der Waals surface area contributed by atoms with E-state index < -0.39 is 24.0 Å². The predicted molar refractivity (Wildman–Crippen MR) is 71.2 cm³/mol. The average molecular weight is 282 g/mol. The first kappa shape index (κ1) is 15.9. The third-order valence-corrected chi connectivity index (χ3v) is 2.90. The highest BCUT2D eigenvalue weighted by atomic mass is 16.4. The molecule has 0 amide bonds. The molecule has 2 atom stereocenters. The monoisotopic (exact) mass is 282 g/mol. The lowest BCUT2D eigenvalue weighted by Crippen LogP contribution is -2.19. The lowest BCUT2D eigenvalue weighted by molar-refractivity contribution is -0.138. The highest BCUT2D eigenvalue weighted by Gasteiger charge is 2.21. The van der Waals surface area contributed by atoms with E-state index >= 15 is 0 Å². The number of hydrogen-bond acceptors (Lipinski definition) is 5. The number of carboxylic acids is 2. The topological polar surface area (TPSA) is 147 Å². The van der Waals surface area contributed by atoms with Gasteiger partial charge in [0, 0.05) is 23.2 Å². The fourth-order valence-corrected chi connectivity index (χ4v) is 2.00. The zero-order valence-corrected chi connectivity index (χ0v) is 11.0. The second-order valence-electron chi connectivity index (χ2n) is 4.70. The quantitative estimate of drug-likeness (QED) is 0.514.